The van der Waals surface area contributed by atoms with Crippen molar-refractivity contribution in [3.05, 3.63) is 66.2 Å². The van der Waals surface area contributed by atoms with Gasteiger partial charge in [0.05, 0.1) is 24.9 Å². The van der Waals surface area contributed by atoms with Crippen LogP contribution in [0.3, 0.4) is 0 Å². The van der Waals surface area contributed by atoms with Crippen molar-refractivity contribution in [2.45, 2.75) is 38.0 Å². The molecule has 5 rings (SSSR count). The summed E-state index contributed by atoms with van der Waals surface area (Å²) in [6.07, 6.45) is 6.51. The van der Waals surface area contributed by atoms with Crippen LogP contribution in [0.4, 0.5) is 0 Å². The number of amides is 2. The molecule has 2 aliphatic rings. The minimum Gasteiger partial charge on any atom is -0.391 e. The van der Waals surface area contributed by atoms with E-state index in [2.05, 4.69) is 15.3 Å². The molecule has 0 radical (unpaired) electrons. The van der Waals surface area contributed by atoms with E-state index in [9.17, 15) is 14.7 Å². The highest BCUT2D eigenvalue weighted by molar-refractivity contribution is 5.95. The van der Waals surface area contributed by atoms with Crippen molar-refractivity contribution in [3.63, 3.8) is 0 Å². The lowest BCUT2D eigenvalue weighted by atomic mass is 10.0. The molecule has 33 heavy (non-hydrogen) atoms. The Balaban J connectivity index is 1.23. The van der Waals surface area contributed by atoms with Crippen molar-refractivity contribution in [1.29, 1.82) is 0 Å². The van der Waals surface area contributed by atoms with Gasteiger partial charge >= 0.3 is 0 Å². The lowest BCUT2D eigenvalue weighted by Gasteiger charge is -2.29. The quantitative estimate of drug-likeness (QED) is 0.642. The molecule has 0 aliphatic carbocycles. The van der Waals surface area contributed by atoms with Crippen LogP contribution in [-0.2, 0) is 11.3 Å². The SMILES string of the molecule is O=C1CCC(O)CN1Cc1cn([C@H]2CCN(C(=O)c3cccc(-c4ccncc4)c3)C2)nn1. The molecular weight excluding hydrogens is 420 g/mol. The summed E-state index contributed by atoms with van der Waals surface area (Å²) in [5.74, 6) is 0.0307. The maximum Gasteiger partial charge on any atom is 0.253 e. The predicted octanol–water partition coefficient (Wildman–Crippen LogP) is 1.91. The van der Waals surface area contributed by atoms with Crippen molar-refractivity contribution < 1.29 is 14.7 Å². The summed E-state index contributed by atoms with van der Waals surface area (Å²) in [4.78, 5) is 32.8. The zero-order valence-electron chi connectivity index (χ0n) is 18.2. The van der Waals surface area contributed by atoms with E-state index in [0.29, 0.717) is 50.3 Å². The van der Waals surface area contributed by atoms with E-state index in [1.807, 2.05) is 47.5 Å². The molecule has 1 N–H and O–H groups in total. The number of aliphatic hydroxyl groups excluding tert-OH is 1. The van der Waals surface area contributed by atoms with Gasteiger partial charge in [-0.2, -0.15) is 0 Å². The zero-order valence-corrected chi connectivity index (χ0v) is 18.2. The van der Waals surface area contributed by atoms with E-state index in [0.717, 1.165) is 17.5 Å². The van der Waals surface area contributed by atoms with Crippen molar-refractivity contribution in [3.8, 4) is 11.1 Å². The highest BCUT2D eigenvalue weighted by Gasteiger charge is 2.30. The molecule has 9 heteroatoms. The van der Waals surface area contributed by atoms with Gasteiger partial charge < -0.3 is 14.9 Å². The number of benzene rings is 1. The van der Waals surface area contributed by atoms with Gasteiger partial charge in [0.1, 0.15) is 5.69 Å². The van der Waals surface area contributed by atoms with E-state index >= 15 is 0 Å². The molecule has 2 fully saturated rings. The maximum atomic E-state index is 13.1. The Morgan fingerprint density at radius 1 is 1.09 bits per heavy atom. The molecule has 0 spiro atoms. The summed E-state index contributed by atoms with van der Waals surface area (Å²) in [7, 11) is 0. The predicted molar refractivity (Wildman–Crippen MR) is 120 cm³/mol. The normalized spacial score (nSPS) is 20.9. The van der Waals surface area contributed by atoms with Crippen LogP contribution >= 0.6 is 0 Å². The third-order valence-corrected chi connectivity index (χ3v) is 6.33. The van der Waals surface area contributed by atoms with Crippen molar-refractivity contribution in [2.24, 2.45) is 0 Å². The molecule has 2 aliphatic heterocycles. The van der Waals surface area contributed by atoms with Crippen molar-refractivity contribution in [1.82, 2.24) is 29.8 Å². The van der Waals surface area contributed by atoms with Crippen LogP contribution < -0.4 is 0 Å². The molecule has 2 atom stereocenters. The van der Waals surface area contributed by atoms with Crippen LogP contribution in [0.2, 0.25) is 0 Å². The average molecular weight is 447 g/mol. The number of piperidine rings is 1. The first-order valence-electron chi connectivity index (χ1n) is 11.2. The van der Waals surface area contributed by atoms with E-state index in [1.54, 1.807) is 22.0 Å². The topological polar surface area (TPSA) is 104 Å². The summed E-state index contributed by atoms with van der Waals surface area (Å²) in [5, 5.41) is 18.3. The monoisotopic (exact) mass is 446 g/mol. The minimum atomic E-state index is -0.482. The first-order valence-corrected chi connectivity index (χ1v) is 11.2. The summed E-state index contributed by atoms with van der Waals surface area (Å²) < 4.78 is 1.79. The van der Waals surface area contributed by atoms with E-state index in [1.165, 1.54) is 0 Å². The van der Waals surface area contributed by atoms with Gasteiger partial charge in [-0.05, 0) is 48.2 Å². The van der Waals surface area contributed by atoms with Gasteiger partial charge in [-0.15, -0.1) is 5.10 Å². The van der Waals surface area contributed by atoms with Gasteiger partial charge in [0.25, 0.3) is 5.91 Å². The number of aromatic nitrogens is 4. The van der Waals surface area contributed by atoms with Gasteiger partial charge in [-0.3, -0.25) is 14.6 Å². The summed E-state index contributed by atoms with van der Waals surface area (Å²) in [6, 6.07) is 11.6. The highest BCUT2D eigenvalue weighted by atomic mass is 16.3. The second-order valence-corrected chi connectivity index (χ2v) is 8.67. The number of likely N-dealkylation sites (tertiary alicyclic amines) is 2. The molecule has 9 nitrogen and oxygen atoms in total. The number of rotatable bonds is 5. The molecule has 2 amide bonds. The van der Waals surface area contributed by atoms with Crippen molar-refractivity contribution >= 4 is 11.8 Å². The van der Waals surface area contributed by atoms with Crippen LogP contribution in [0.1, 0.15) is 41.4 Å². The molecule has 2 aromatic heterocycles. The fraction of sp³-hybridized carbons (Fsp3) is 0.375. The Hall–Kier alpha value is -3.59. The Morgan fingerprint density at radius 3 is 2.79 bits per heavy atom. The van der Waals surface area contributed by atoms with Gasteiger partial charge in [0.2, 0.25) is 5.91 Å². The first kappa shape index (κ1) is 21.3. The summed E-state index contributed by atoms with van der Waals surface area (Å²) in [5.41, 5.74) is 3.35. The molecule has 1 aromatic carbocycles. The maximum absolute atomic E-state index is 13.1. The third-order valence-electron chi connectivity index (χ3n) is 6.33. The van der Waals surface area contributed by atoms with Crippen LogP contribution in [0.25, 0.3) is 11.1 Å². The number of carbonyl (C=O) groups is 2. The van der Waals surface area contributed by atoms with Crippen LogP contribution in [-0.4, -0.2) is 72.4 Å². The van der Waals surface area contributed by atoms with Gasteiger partial charge in [0.15, 0.2) is 0 Å². The molecular formula is C24H26N6O3. The Labute approximate surface area is 191 Å². The first-order chi connectivity index (χ1) is 16.1. The van der Waals surface area contributed by atoms with Gasteiger partial charge in [-0.1, -0.05) is 17.3 Å². The lowest BCUT2D eigenvalue weighted by molar-refractivity contribution is -0.137. The number of β-amino-alcohol motifs (C(OH)–C–C–N with tert-alkyl or cyclic N) is 1. The van der Waals surface area contributed by atoms with Gasteiger partial charge in [0, 0.05) is 44.0 Å². The number of hydrogen-bond donors (Lipinski definition) is 1. The molecule has 170 valence electrons. The average Bonchev–Trinajstić information content (AvgIpc) is 3.52. The molecule has 2 saturated heterocycles. The summed E-state index contributed by atoms with van der Waals surface area (Å²) >= 11 is 0. The fourth-order valence-electron chi connectivity index (χ4n) is 4.51. The summed E-state index contributed by atoms with van der Waals surface area (Å²) in [6.45, 7) is 1.88. The number of aliphatic hydroxyl groups is 1. The highest BCUT2D eigenvalue weighted by Crippen LogP contribution is 2.25. The third kappa shape index (κ3) is 4.63. The second kappa shape index (κ2) is 9.11. The smallest absolute Gasteiger partial charge is 0.253 e. The van der Waals surface area contributed by atoms with E-state index < -0.39 is 6.10 Å². The largest absolute Gasteiger partial charge is 0.391 e. The minimum absolute atomic E-state index is 0.00152. The number of hydrogen-bond acceptors (Lipinski definition) is 6. The van der Waals surface area contributed by atoms with Crippen LogP contribution in [0, 0.1) is 0 Å². The van der Waals surface area contributed by atoms with E-state index in [-0.39, 0.29) is 17.9 Å². The lowest BCUT2D eigenvalue weighted by Crippen LogP contribution is -2.41. The van der Waals surface area contributed by atoms with Crippen LogP contribution in [0.15, 0.2) is 55.0 Å². The Morgan fingerprint density at radius 2 is 1.94 bits per heavy atom. The fourth-order valence-corrected chi connectivity index (χ4v) is 4.51. The Kier molecular flexibility index (Phi) is 5.87. The standard InChI is InChI=1S/C24H26N6O3/c31-22-4-5-23(32)29(16-22)13-20-14-30(27-26-20)21-8-11-28(15-21)24(33)19-3-1-2-18(12-19)17-6-9-25-10-7-17/h1-3,6-7,9-10,12,14,21-22,31H,4-5,8,11,13,15-16H2/t21-,22?/m0/s1. The molecule has 0 saturated carbocycles. The molecule has 3 aromatic rings. The zero-order chi connectivity index (χ0) is 22.8. The number of nitrogens with zero attached hydrogens (tertiary/aromatic N) is 6. The molecule has 1 unspecified atom stereocenters. The van der Waals surface area contributed by atoms with E-state index in [4.69, 9.17) is 0 Å². The Bertz CT molecular complexity index is 1150. The molecule has 4 heterocycles. The van der Waals surface area contributed by atoms with Gasteiger partial charge in [-0.25, -0.2) is 4.68 Å². The molecule has 0 bridgehead atoms. The van der Waals surface area contributed by atoms with Crippen LogP contribution in [0.5, 0.6) is 0 Å². The second-order valence-electron chi connectivity index (χ2n) is 8.67. The number of pyridine rings is 1. The number of carbonyl (C=O) groups excluding carboxylic acids is 2. The van der Waals surface area contributed by atoms with Crippen molar-refractivity contribution in [2.75, 3.05) is 19.6 Å².